The lowest BCUT2D eigenvalue weighted by molar-refractivity contribution is 0.480. The highest BCUT2D eigenvalue weighted by atomic mass is 19.1. The summed E-state index contributed by atoms with van der Waals surface area (Å²) in [6.45, 7) is 3.30. The van der Waals surface area contributed by atoms with E-state index in [1.807, 2.05) is 19.9 Å². The second-order valence-electron chi connectivity index (χ2n) is 2.33. The molecular weight excluding hydrogens is 129 g/mol. The standard InChI is InChI=1S/C8H10FN/c1-6-3-4-10-7(2)8(6)5-9/h3-4H,5H2,1-2H3. The monoisotopic (exact) mass is 139 g/mol. The second kappa shape index (κ2) is 2.78. The smallest absolute Gasteiger partial charge is 0.117 e. The fourth-order valence-corrected chi connectivity index (χ4v) is 0.927. The van der Waals surface area contributed by atoms with E-state index < -0.39 is 6.67 Å². The topological polar surface area (TPSA) is 12.9 Å². The van der Waals surface area contributed by atoms with E-state index in [4.69, 9.17) is 0 Å². The summed E-state index contributed by atoms with van der Waals surface area (Å²) in [6.07, 6.45) is 1.70. The van der Waals surface area contributed by atoms with Gasteiger partial charge in [0.1, 0.15) is 6.67 Å². The zero-order valence-electron chi connectivity index (χ0n) is 6.19. The fraction of sp³-hybridized carbons (Fsp3) is 0.375. The summed E-state index contributed by atoms with van der Waals surface area (Å²) in [6, 6.07) is 1.82. The van der Waals surface area contributed by atoms with Crippen LogP contribution >= 0.6 is 0 Å². The highest BCUT2D eigenvalue weighted by Crippen LogP contribution is 2.10. The predicted octanol–water partition coefficient (Wildman–Crippen LogP) is 2.17. The lowest BCUT2D eigenvalue weighted by atomic mass is 10.1. The minimum absolute atomic E-state index is 0.411. The summed E-state index contributed by atoms with van der Waals surface area (Å²) in [4.78, 5) is 3.97. The molecule has 0 N–H and O–H groups in total. The van der Waals surface area contributed by atoms with Gasteiger partial charge < -0.3 is 0 Å². The van der Waals surface area contributed by atoms with E-state index in [0.29, 0.717) is 0 Å². The molecule has 2 heteroatoms. The van der Waals surface area contributed by atoms with Gasteiger partial charge in [0.05, 0.1) is 0 Å². The molecule has 0 saturated carbocycles. The Morgan fingerprint density at radius 1 is 1.50 bits per heavy atom. The Hall–Kier alpha value is -0.920. The summed E-state index contributed by atoms with van der Waals surface area (Å²) in [5, 5.41) is 0. The maximum atomic E-state index is 12.2. The molecule has 1 rings (SSSR count). The van der Waals surface area contributed by atoms with Crippen molar-refractivity contribution in [3.63, 3.8) is 0 Å². The van der Waals surface area contributed by atoms with Crippen LogP contribution in [-0.4, -0.2) is 4.98 Å². The summed E-state index contributed by atoms with van der Waals surface area (Å²) < 4.78 is 12.2. The molecule has 1 aromatic heterocycles. The number of hydrogen-bond donors (Lipinski definition) is 0. The van der Waals surface area contributed by atoms with Gasteiger partial charge in [-0.15, -0.1) is 0 Å². The molecule has 1 heterocycles. The van der Waals surface area contributed by atoms with Crippen molar-refractivity contribution in [2.75, 3.05) is 0 Å². The lowest BCUT2D eigenvalue weighted by Crippen LogP contribution is -1.92. The van der Waals surface area contributed by atoms with Gasteiger partial charge in [0.15, 0.2) is 0 Å². The number of pyridine rings is 1. The number of nitrogens with zero attached hydrogens (tertiary/aromatic N) is 1. The van der Waals surface area contributed by atoms with E-state index in [9.17, 15) is 4.39 Å². The van der Waals surface area contributed by atoms with Crippen LogP contribution in [0.5, 0.6) is 0 Å². The first-order valence-electron chi connectivity index (χ1n) is 3.22. The molecule has 54 valence electrons. The fourth-order valence-electron chi connectivity index (χ4n) is 0.927. The molecule has 0 amide bonds. The Morgan fingerprint density at radius 2 is 2.20 bits per heavy atom. The van der Waals surface area contributed by atoms with Gasteiger partial charge in [0.2, 0.25) is 0 Å². The second-order valence-corrected chi connectivity index (χ2v) is 2.33. The lowest BCUT2D eigenvalue weighted by Gasteiger charge is -2.02. The van der Waals surface area contributed by atoms with Crippen LogP contribution in [0.15, 0.2) is 12.3 Å². The molecule has 0 bridgehead atoms. The van der Waals surface area contributed by atoms with Crippen LogP contribution in [0, 0.1) is 13.8 Å². The van der Waals surface area contributed by atoms with Crippen molar-refractivity contribution in [3.8, 4) is 0 Å². The third-order valence-electron chi connectivity index (χ3n) is 1.64. The van der Waals surface area contributed by atoms with Gasteiger partial charge in [-0.2, -0.15) is 0 Å². The zero-order valence-corrected chi connectivity index (χ0v) is 6.19. The van der Waals surface area contributed by atoms with E-state index in [0.717, 1.165) is 16.8 Å². The summed E-state index contributed by atoms with van der Waals surface area (Å²) in [7, 11) is 0. The van der Waals surface area contributed by atoms with Crippen LogP contribution in [0.3, 0.4) is 0 Å². The normalized spacial score (nSPS) is 9.90. The van der Waals surface area contributed by atoms with Gasteiger partial charge in [0.25, 0.3) is 0 Å². The van der Waals surface area contributed by atoms with Crippen LogP contribution in [-0.2, 0) is 6.67 Å². The minimum Gasteiger partial charge on any atom is -0.261 e. The third-order valence-corrected chi connectivity index (χ3v) is 1.64. The molecule has 1 nitrogen and oxygen atoms in total. The first-order chi connectivity index (χ1) is 4.75. The zero-order chi connectivity index (χ0) is 7.56. The maximum absolute atomic E-state index is 12.2. The summed E-state index contributed by atoms with van der Waals surface area (Å²) >= 11 is 0. The third kappa shape index (κ3) is 1.15. The maximum Gasteiger partial charge on any atom is 0.117 e. The van der Waals surface area contributed by atoms with E-state index in [1.54, 1.807) is 6.20 Å². The quantitative estimate of drug-likeness (QED) is 0.581. The van der Waals surface area contributed by atoms with Crippen molar-refractivity contribution in [2.24, 2.45) is 0 Å². The van der Waals surface area contributed by atoms with Crippen LogP contribution in [0.25, 0.3) is 0 Å². The molecule has 0 aliphatic rings. The number of aromatic nitrogens is 1. The highest BCUT2D eigenvalue weighted by Gasteiger charge is 2.00. The Morgan fingerprint density at radius 3 is 2.60 bits per heavy atom. The van der Waals surface area contributed by atoms with Crippen LogP contribution in [0.1, 0.15) is 16.8 Å². The van der Waals surface area contributed by atoms with Crippen molar-refractivity contribution < 1.29 is 4.39 Å². The van der Waals surface area contributed by atoms with Gasteiger partial charge >= 0.3 is 0 Å². The SMILES string of the molecule is Cc1ccnc(C)c1CF. The molecule has 0 aromatic carbocycles. The van der Waals surface area contributed by atoms with Crippen molar-refractivity contribution in [2.45, 2.75) is 20.5 Å². The van der Waals surface area contributed by atoms with Gasteiger partial charge in [-0.25, -0.2) is 4.39 Å². The average molecular weight is 139 g/mol. The van der Waals surface area contributed by atoms with E-state index in [-0.39, 0.29) is 0 Å². The molecule has 10 heavy (non-hydrogen) atoms. The van der Waals surface area contributed by atoms with Crippen LogP contribution in [0.4, 0.5) is 4.39 Å². The number of rotatable bonds is 1. The number of alkyl halides is 1. The molecular formula is C8H10FN. The first-order valence-corrected chi connectivity index (χ1v) is 3.22. The molecule has 0 saturated heterocycles. The van der Waals surface area contributed by atoms with E-state index in [2.05, 4.69) is 4.98 Å². The number of halogens is 1. The summed E-state index contributed by atoms with van der Waals surface area (Å²) in [5.74, 6) is 0. The average Bonchev–Trinajstić information content (AvgIpc) is 1.88. The number of aryl methyl sites for hydroxylation is 2. The molecule has 0 atom stereocenters. The van der Waals surface area contributed by atoms with Gasteiger partial charge in [-0.05, 0) is 25.5 Å². The molecule has 1 aromatic rings. The Kier molecular flexibility index (Phi) is 2.00. The van der Waals surface area contributed by atoms with E-state index in [1.165, 1.54) is 0 Å². The Bertz CT molecular complexity index is 212. The van der Waals surface area contributed by atoms with Crippen molar-refractivity contribution in [3.05, 3.63) is 29.1 Å². The highest BCUT2D eigenvalue weighted by molar-refractivity contribution is 5.26. The largest absolute Gasteiger partial charge is 0.261 e. The van der Waals surface area contributed by atoms with Crippen molar-refractivity contribution in [1.82, 2.24) is 4.98 Å². The van der Waals surface area contributed by atoms with Gasteiger partial charge in [-0.1, -0.05) is 0 Å². The van der Waals surface area contributed by atoms with Gasteiger partial charge in [0, 0.05) is 17.5 Å². The van der Waals surface area contributed by atoms with Crippen LogP contribution < -0.4 is 0 Å². The molecule has 0 aliphatic carbocycles. The van der Waals surface area contributed by atoms with Crippen LogP contribution in [0.2, 0.25) is 0 Å². The van der Waals surface area contributed by atoms with E-state index >= 15 is 0 Å². The molecule has 0 unspecified atom stereocenters. The van der Waals surface area contributed by atoms with Gasteiger partial charge in [-0.3, -0.25) is 4.98 Å². The molecule has 0 fully saturated rings. The molecule has 0 radical (unpaired) electrons. The summed E-state index contributed by atoms with van der Waals surface area (Å²) in [5.41, 5.74) is 2.50. The number of hydrogen-bond acceptors (Lipinski definition) is 1. The molecule has 0 aliphatic heterocycles. The first kappa shape index (κ1) is 7.19. The Balaban J connectivity index is 3.17. The minimum atomic E-state index is -0.411. The van der Waals surface area contributed by atoms with Crippen molar-refractivity contribution in [1.29, 1.82) is 0 Å². The molecule has 0 spiro atoms. The predicted molar refractivity (Wildman–Crippen MR) is 38.5 cm³/mol. The van der Waals surface area contributed by atoms with Crippen molar-refractivity contribution >= 4 is 0 Å². The Labute approximate surface area is 59.9 Å².